The van der Waals surface area contributed by atoms with Crippen molar-refractivity contribution in [2.75, 3.05) is 11.5 Å². The van der Waals surface area contributed by atoms with Crippen molar-refractivity contribution in [1.82, 2.24) is 35.0 Å². The number of carbonyl (C=O) groups excluding carboxylic acids is 2. The molecule has 1 saturated heterocycles. The number of fused-ring (bicyclic) bond motifs is 1. The third-order valence-electron chi connectivity index (χ3n) is 4.79. The highest BCUT2D eigenvalue weighted by Crippen LogP contribution is 2.41. The Morgan fingerprint density at radius 2 is 2.13 bits per heavy atom. The van der Waals surface area contributed by atoms with Gasteiger partial charge in [-0.05, 0) is 28.1 Å². The van der Waals surface area contributed by atoms with Crippen LogP contribution in [0.5, 0.6) is 0 Å². The molecule has 11 nitrogen and oxygen atoms in total. The minimum absolute atomic E-state index is 0.00998. The Labute approximate surface area is 179 Å². The van der Waals surface area contributed by atoms with E-state index in [1.807, 2.05) is 29.1 Å². The molecule has 13 heteroatoms. The van der Waals surface area contributed by atoms with E-state index in [2.05, 4.69) is 20.8 Å². The number of nitrogens with zero attached hydrogens (tertiary/aromatic N) is 6. The Morgan fingerprint density at radius 1 is 1.37 bits per heavy atom. The zero-order valence-corrected chi connectivity index (χ0v) is 17.6. The van der Waals surface area contributed by atoms with E-state index in [1.54, 1.807) is 7.05 Å². The number of rotatable bonds is 8. The van der Waals surface area contributed by atoms with Gasteiger partial charge in [-0.1, -0.05) is 11.8 Å². The summed E-state index contributed by atoms with van der Waals surface area (Å²) < 4.78 is 3.38. The van der Waals surface area contributed by atoms with Crippen LogP contribution in [0.15, 0.2) is 41.0 Å². The molecule has 2 unspecified atom stereocenters. The molecule has 4 heterocycles. The summed E-state index contributed by atoms with van der Waals surface area (Å²) in [6.45, 7) is 0.514. The van der Waals surface area contributed by atoms with Crippen LogP contribution in [-0.2, 0) is 28.0 Å². The maximum absolute atomic E-state index is 12.7. The maximum atomic E-state index is 12.7. The van der Waals surface area contributed by atoms with E-state index in [9.17, 15) is 19.5 Å². The fourth-order valence-corrected chi connectivity index (χ4v) is 5.62. The lowest BCUT2D eigenvalue weighted by Gasteiger charge is -2.49. The number of thioether (sulfide) groups is 2. The lowest BCUT2D eigenvalue weighted by molar-refractivity contribution is -0.150. The van der Waals surface area contributed by atoms with Gasteiger partial charge >= 0.3 is 5.97 Å². The van der Waals surface area contributed by atoms with Gasteiger partial charge < -0.3 is 15.0 Å². The molecular weight excluding hydrogens is 430 g/mol. The molecule has 2 aromatic heterocycles. The summed E-state index contributed by atoms with van der Waals surface area (Å²) >= 11 is 2.75. The zero-order chi connectivity index (χ0) is 21.3. The van der Waals surface area contributed by atoms with Crippen LogP contribution in [-0.4, -0.2) is 75.5 Å². The fraction of sp³-hybridized carbons (Fsp3) is 0.412. The number of β-lactam (4-membered cyclic amide) rings is 1. The smallest absolute Gasteiger partial charge is 0.352 e. The van der Waals surface area contributed by atoms with Crippen molar-refractivity contribution in [3.05, 3.63) is 35.8 Å². The van der Waals surface area contributed by atoms with E-state index in [0.717, 1.165) is 0 Å². The second-order valence-electron chi connectivity index (χ2n) is 6.76. The lowest BCUT2D eigenvalue weighted by Crippen LogP contribution is -2.70. The van der Waals surface area contributed by atoms with Gasteiger partial charge in [-0.2, -0.15) is 0 Å². The summed E-state index contributed by atoms with van der Waals surface area (Å²) in [5, 5.41) is 23.8. The van der Waals surface area contributed by atoms with Crippen LogP contribution >= 0.6 is 23.5 Å². The topological polar surface area (TPSA) is 135 Å². The zero-order valence-electron chi connectivity index (χ0n) is 16.0. The Morgan fingerprint density at radius 3 is 2.80 bits per heavy atom. The van der Waals surface area contributed by atoms with E-state index in [4.69, 9.17) is 0 Å². The molecule has 2 aliphatic rings. The summed E-state index contributed by atoms with van der Waals surface area (Å²) in [6.07, 6.45) is 3.97. The van der Waals surface area contributed by atoms with Crippen molar-refractivity contribution in [3.8, 4) is 0 Å². The molecule has 2 aromatic rings. The Balaban J connectivity index is 1.40. The van der Waals surface area contributed by atoms with Gasteiger partial charge in [0.25, 0.3) is 5.91 Å². The number of carboxylic acids is 1. The van der Waals surface area contributed by atoms with Crippen LogP contribution in [0, 0.1) is 0 Å². The Hall–Kier alpha value is -2.80. The maximum Gasteiger partial charge on any atom is 0.352 e. The van der Waals surface area contributed by atoms with Crippen molar-refractivity contribution in [2.24, 2.45) is 7.05 Å². The number of hydrogen-bond donors (Lipinski definition) is 2. The first-order valence-corrected chi connectivity index (χ1v) is 11.1. The van der Waals surface area contributed by atoms with E-state index in [0.29, 0.717) is 28.8 Å². The number of nitrogens with one attached hydrogen (secondary N) is 1. The largest absolute Gasteiger partial charge is 0.477 e. The fourth-order valence-electron chi connectivity index (χ4n) is 3.29. The molecule has 1 fully saturated rings. The van der Waals surface area contributed by atoms with Crippen molar-refractivity contribution >= 4 is 41.3 Å². The molecule has 158 valence electrons. The molecule has 30 heavy (non-hydrogen) atoms. The van der Waals surface area contributed by atoms with Crippen LogP contribution < -0.4 is 5.32 Å². The molecule has 0 aromatic carbocycles. The van der Waals surface area contributed by atoms with E-state index in [1.165, 1.54) is 33.1 Å². The third-order valence-corrected chi connectivity index (χ3v) is 7.22. The molecule has 0 spiro atoms. The van der Waals surface area contributed by atoms with Gasteiger partial charge in [-0.3, -0.25) is 14.5 Å². The monoisotopic (exact) mass is 449 g/mol. The number of aliphatic carboxylic acids is 1. The first-order valence-electron chi connectivity index (χ1n) is 9.11. The second-order valence-corrected chi connectivity index (χ2v) is 8.80. The van der Waals surface area contributed by atoms with Gasteiger partial charge in [0.15, 0.2) is 0 Å². The number of carbonyl (C=O) groups is 3. The first-order chi connectivity index (χ1) is 14.5. The molecule has 4 rings (SSSR count). The molecule has 2 aliphatic heterocycles. The Bertz CT molecular complexity index is 1000. The van der Waals surface area contributed by atoms with Crippen molar-refractivity contribution in [2.45, 2.75) is 29.5 Å². The summed E-state index contributed by atoms with van der Waals surface area (Å²) in [6, 6.07) is 3.04. The number of aromatic nitrogens is 5. The molecule has 2 amide bonds. The van der Waals surface area contributed by atoms with Crippen molar-refractivity contribution in [1.29, 1.82) is 0 Å². The summed E-state index contributed by atoms with van der Waals surface area (Å²) in [7, 11) is 1.70. The van der Waals surface area contributed by atoms with Gasteiger partial charge in [0.05, 0.1) is 0 Å². The SMILES string of the molecule is Cn1nnnc1SCC1=C(C(=O)O)N2C(=O)C(NC(=O)CCn3cccc3)C2SC1. The van der Waals surface area contributed by atoms with Crippen LogP contribution in [0.1, 0.15) is 6.42 Å². The van der Waals surface area contributed by atoms with Gasteiger partial charge in [0.2, 0.25) is 11.1 Å². The molecule has 0 aliphatic carbocycles. The predicted molar refractivity (Wildman–Crippen MR) is 108 cm³/mol. The number of hydrogen-bond acceptors (Lipinski definition) is 8. The number of tetrazole rings is 1. The van der Waals surface area contributed by atoms with Crippen LogP contribution in [0.4, 0.5) is 0 Å². The van der Waals surface area contributed by atoms with Gasteiger partial charge in [-0.15, -0.1) is 16.9 Å². The quantitative estimate of drug-likeness (QED) is 0.419. The highest BCUT2D eigenvalue weighted by Gasteiger charge is 2.54. The minimum atomic E-state index is -1.15. The van der Waals surface area contributed by atoms with Crippen molar-refractivity contribution in [3.63, 3.8) is 0 Å². The van der Waals surface area contributed by atoms with E-state index >= 15 is 0 Å². The standard InChI is InChI=1S/C17H19N7O4S2/c1-22-17(19-20-21-22)30-9-10-8-29-15-12(14(26)24(15)13(10)16(27)28)18-11(25)4-7-23-5-2-3-6-23/h2-3,5-6,12,15H,4,7-9H2,1H3,(H,18,25)(H,27,28). The van der Waals surface area contributed by atoms with Crippen LogP contribution in [0.25, 0.3) is 0 Å². The van der Waals surface area contributed by atoms with Gasteiger partial charge in [-0.25, -0.2) is 9.48 Å². The number of aryl methyl sites for hydroxylation is 2. The molecule has 0 bridgehead atoms. The first kappa shape index (κ1) is 20.5. The summed E-state index contributed by atoms with van der Waals surface area (Å²) in [5.74, 6) is -0.990. The average molecular weight is 450 g/mol. The molecule has 0 saturated carbocycles. The lowest BCUT2D eigenvalue weighted by atomic mass is 10.0. The van der Waals surface area contributed by atoms with Crippen LogP contribution in [0.2, 0.25) is 0 Å². The average Bonchev–Trinajstić information content (AvgIpc) is 3.39. The normalized spacial score (nSPS) is 20.7. The van der Waals surface area contributed by atoms with E-state index < -0.39 is 23.3 Å². The molecular formula is C17H19N7O4S2. The Kier molecular flexibility index (Phi) is 5.81. The summed E-state index contributed by atoms with van der Waals surface area (Å²) in [4.78, 5) is 38.1. The molecule has 0 radical (unpaired) electrons. The van der Waals surface area contributed by atoms with Gasteiger partial charge in [0.1, 0.15) is 17.1 Å². The molecule has 2 N–H and O–H groups in total. The van der Waals surface area contributed by atoms with E-state index in [-0.39, 0.29) is 18.0 Å². The highest BCUT2D eigenvalue weighted by atomic mass is 32.2. The third kappa shape index (κ3) is 3.94. The second kappa shape index (κ2) is 8.52. The predicted octanol–water partition coefficient (Wildman–Crippen LogP) is -0.0674. The minimum Gasteiger partial charge on any atom is -0.477 e. The van der Waals surface area contributed by atoms with Crippen molar-refractivity contribution < 1.29 is 19.5 Å². The van der Waals surface area contributed by atoms with Crippen LogP contribution in [0.3, 0.4) is 0 Å². The highest BCUT2D eigenvalue weighted by molar-refractivity contribution is 8.01. The summed E-state index contributed by atoms with van der Waals surface area (Å²) in [5.41, 5.74) is 0.617. The number of amides is 2. The molecule has 2 atom stereocenters. The number of carboxylic acid groups (broad SMARTS) is 1. The van der Waals surface area contributed by atoms with Gasteiger partial charge in [0, 0.05) is 43.9 Å².